The highest BCUT2D eigenvalue weighted by Gasteiger charge is 2.30. The van der Waals surface area contributed by atoms with E-state index in [2.05, 4.69) is 10.1 Å². The third-order valence-electron chi connectivity index (χ3n) is 4.17. The molecule has 1 fully saturated rings. The zero-order valence-corrected chi connectivity index (χ0v) is 14.7. The smallest absolute Gasteiger partial charge is 0.330 e. The zero-order valence-electron chi connectivity index (χ0n) is 14.7. The Morgan fingerprint density at radius 3 is 2.48 bits per heavy atom. The van der Waals surface area contributed by atoms with E-state index < -0.39 is 5.41 Å². The summed E-state index contributed by atoms with van der Waals surface area (Å²) in [6, 6.07) is 5.98. The van der Waals surface area contributed by atoms with Gasteiger partial charge >= 0.3 is 5.97 Å². The molecule has 0 radical (unpaired) electrons. The van der Waals surface area contributed by atoms with E-state index in [0.29, 0.717) is 30.4 Å². The molecule has 1 aromatic carbocycles. The monoisotopic (exact) mass is 347 g/mol. The topological polar surface area (TPSA) is 68.5 Å². The molecule has 0 bridgehead atoms. The van der Waals surface area contributed by atoms with Crippen LogP contribution in [0.5, 0.6) is 0 Å². The summed E-state index contributed by atoms with van der Waals surface area (Å²) >= 11 is 0. The van der Waals surface area contributed by atoms with Gasteiger partial charge in [-0.3, -0.25) is 0 Å². The molecule has 0 spiro atoms. The van der Waals surface area contributed by atoms with Crippen molar-refractivity contribution in [3.63, 3.8) is 0 Å². The van der Waals surface area contributed by atoms with Crippen LogP contribution in [0, 0.1) is 11.2 Å². The summed E-state index contributed by atoms with van der Waals surface area (Å²) in [6.07, 6.45) is 1.53. The Hall–Kier alpha value is -2.28. The first-order chi connectivity index (χ1) is 11.8. The van der Waals surface area contributed by atoms with Gasteiger partial charge in [-0.2, -0.15) is 4.98 Å². The zero-order chi connectivity index (χ0) is 18.0. The maximum atomic E-state index is 13.0. The quantitative estimate of drug-likeness (QED) is 0.846. The number of piperidine rings is 1. The van der Waals surface area contributed by atoms with Gasteiger partial charge < -0.3 is 9.36 Å². The summed E-state index contributed by atoms with van der Waals surface area (Å²) < 4.78 is 18.4. The van der Waals surface area contributed by atoms with E-state index in [-0.39, 0.29) is 17.7 Å². The predicted molar refractivity (Wildman–Crippen MR) is 88.8 cm³/mol. The number of carbonyl (C=O) groups is 1. The van der Waals surface area contributed by atoms with Gasteiger partial charge in [0.05, 0.1) is 5.41 Å². The van der Waals surface area contributed by atoms with Crippen molar-refractivity contribution >= 4 is 5.97 Å². The van der Waals surface area contributed by atoms with Gasteiger partial charge in [-0.05, 0) is 57.9 Å². The van der Waals surface area contributed by atoms with Crippen molar-refractivity contribution in [2.45, 2.75) is 39.5 Å². The molecule has 25 heavy (non-hydrogen) atoms. The molecule has 2 aromatic rings. The third kappa shape index (κ3) is 4.22. The number of benzene rings is 1. The van der Waals surface area contributed by atoms with Gasteiger partial charge in [0.1, 0.15) is 5.82 Å². The van der Waals surface area contributed by atoms with Crippen molar-refractivity contribution in [2.24, 2.45) is 5.41 Å². The number of hydrogen-bond acceptors (Lipinski definition) is 6. The van der Waals surface area contributed by atoms with Crippen LogP contribution in [-0.4, -0.2) is 34.3 Å². The van der Waals surface area contributed by atoms with Crippen molar-refractivity contribution in [2.75, 3.05) is 13.1 Å². The molecule has 0 atom stereocenters. The van der Waals surface area contributed by atoms with Gasteiger partial charge in [0.15, 0.2) is 0 Å². The van der Waals surface area contributed by atoms with Crippen LogP contribution in [-0.2, 0) is 9.63 Å². The molecule has 0 N–H and O–H groups in total. The third-order valence-corrected chi connectivity index (χ3v) is 4.17. The molecule has 1 aromatic heterocycles. The lowest BCUT2D eigenvalue weighted by Gasteiger charge is -2.30. The molecule has 0 saturated carbocycles. The van der Waals surface area contributed by atoms with Gasteiger partial charge in [-0.1, -0.05) is 5.16 Å². The van der Waals surface area contributed by atoms with Crippen molar-refractivity contribution in [1.29, 1.82) is 0 Å². The second-order valence-corrected chi connectivity index (χ2v) is 7.30. The van der Waals surface area contributed by atoms with Gasteiger partial charge in [-0.15, -0.1) is 5.06 Å². The Bertz CT molecular complexity index is 729. The minimum atomic E-state index is -0.520. The van der Waals surface area contributed by atoms with Crippen LogP contribution < -0.4 is 0 Å². The van der Waals surface area contributed by atoms with Crippen LogP contribution in [0.3, 0.4) is 0 Å². The van der Waals surface area contributed by atoms with E-state index in [9.17, 15) is 9.18 Å². The summed E-state index contributed by atoms with van der Waals surface area (Å²) in [5.41, 5.74) is 0.195. The molecule has 1 saturated heterocycles. The second-order valence-electron chi connectivity index (χ2n) is 7.30. The van der Waals surface area contributed by atoms with Crippen molar-refractivity contribution in [1.82, 2.24) is 15.2 Å². The molecule has 6 nitrogen and oxygen atoms in total. The van der Waals surface area contributed by atoms with E-state index in [1.807, 2.05) is 20.8 Å². The van der Waals surface area contributed by atoms with Crippen molar-refractivity contribution < 1.29 is 18.5 Å². The van der Waals surface area contributed by atoms with Crippen LogP contribution >= 0.6 is 0 Å². The summed E-state index contributed by atoms with van der Waals surface area (Å²) in [4.78, 5) is 21.8. The average Bonchev–Trinajstić information content (AvgIpc) is 3.05. The Labute approximate surface area is 145 Å². The summed E-state index contributed by atoms with van der Waals surface area (Å²) in [5, 5.41) is 5.68. The largest absolute Gasteiger partial charge is 0.367 e. The summed E-state index contributed by atoms with van der Waals surface area (Å²) in [5.74, 6) is 0.621. The van der Waals surface area contributed by atoms with Crippen LogP contribution in [0.4, 0.5) is 4.39 Å². The number of rotatable bonds is 3. The number of hydrogen-bond donors (Lipinski definition) is 0. The van der Waals surface area contributed by atoms with E-state index in [1.165, 1.54) is 12.1 Å². The molecule has 134 valence electrons. The molecule has 0 aliphatic carbocycles. The van der Waals surface area contributed by atoms with E-state index in [0.717, 1.165) is 12.8 Å². The molecule has 2 heterocycles. The molecule has 3 rings (SSSR count). The lowest BCUT2D eigenvalue weighted by Crippen LogP contribution is -2.38. The number of aromatic nitrogens is 2. The van der Waals surface area contributed by atoms with E-state index in [4.69, 9.17) is 9.36 Å². The molecular weight excluding hydrogens is 325 g/mol. The number of halogens is 1. The van der Waals surface area contributed by atoms with Crippen LogP contribution in [0.15, 0.2) is 28.8 Å². The number of hydroxylamine groups is 2. The van der Waals surface area contributed by atoms with E-state index >= 15 is 0 Å². The Morgan fingerprint density at radius 1 is 1.24 bits per heavy atom. The van der Waals surface area contributed by atoms with Gasteiger partial charge in [0.25, 0.3) is 0 Å². The van der Waals surface area contributed by atoms with Crippen molar-refractivity contribution in [3.8, 4) is 11.4 Å². The number of carbonyl (C=O) groups excluding carboxylic acids is 1. The standard InChI is InChI=1S/C18H22FN3O3/c1-18(2,3)17(23)25-22-10-8-13(9-11-22)16-20-15(21-24-16)12-4-6-14(19)7-5-12/h4-7,13H,8-11H2,1-3H3. The van der Waals surface area contributed by atoms with E-state index in [1.54, 1.807) is 17.2 Å². The molecule has 1 aliphatic heterocycles. The lowest BCUT2D eigenvalue weighted by atomic mass is 9.97. The lowest BCUT2D eigenvalue weighted by molar-refractivity contribution is -0.204. The van der Waals surface area contributed by atoms with Crippen LogP contribution in [0.1, 0.15) is 45.4 Å². The fraction of sp³-hybridized carbons (Fsp3) is 0.500. The normalized spacial score (nSPS) is 16.8. The fourth-order valence-electron chi connectivity index (χ4n) is 2.57. The first-order valence-electron chi connectivity index (χ1n) is 8.40. The number of nitrogens with zero attached hydrogens (tertiary/aromatic N) is 3. The highest BCUT2D eigenvalue weighted by Crippen LogP contribution is 2.29. The Morgan fingerprint density at radius 2 is 1.88 bits per heavy atom. The Balaban J connectivity index is 1.58. The minimum absolute atomic E-state index is 0.131. The SMILES string of the molecule is CC(C)(C)C(=O)ON1CCC(c2nc(-c3ccc(F)cc3)no2)CC1. The van der Waals surface area contributed by atoms with Gasteiger partial charge in [0.2, 0.25) is 11.7 Å². The summed E-state index contributed by atoms with van der Waals surface area (Å²) in [7, 11) is 0. The molecular formula is C18H22FN3O3. The summed E-state index contributed by atoms with van der Waals surface area (Å²) in [6.45, 7) is 6.74. The second kappa shape index (κ2) is 6.92. The highest BCUT2D eigenvalue weighted by molar-refractivity contribution is 5.75. The predicted octanol–water partition coefficient (Wildman–Crippen LogP) is 3.56. The molecule has 1 aliphatic rings. The molecule has 7 heteroatoms. The molecule has 0 amide bonds. The minimum Gasteiger partial charge on any atom is -0.367 e. The van der Waals surface area contributed by atoms with Gasteiger partial charge in [-0.25, -0.2) is 9.18 Å². The van der Waals surface area contributed by atoms with Gasteiger partial charge in [0, 0.05) is 24.6 Å². The molecule has 0 unspecified atom stereocenters. The van der Waals surface area contributed by atoms with Crippen LogP contribution in [0.25, 0.3) is 11.4 Å². The maximum absolute atomic E-state index is 13.0. The van der Waals surface area contributed by atoms with Crippen molar-refractivity contribution in [3.05, 3.63) is 36.0 Å². The van der Waals surface area contributed by atoms with Crippen LogP contribution in [0.2, 0.25) is 0 Å². The Kier molecular flexibility index (Phi) is 4.85. The first kappa shape index (κ1) is 17.5. The highest BCUT2D eigenvalue weighted by atomic mass is 19.1. The maximum Gasteiger partial charge on any atom is 0.330 e. The average molecular weight is 347 g/mol. The fourth-order valence-corrected chi connectivity index (χ4v) is 2.57. The first-order valence-corrected chi connectivity index (χ1v) is 8.40.